The van der Waals surface area contributed by atoms with E-state index in [0.29, 0.717) is 13.0 Å². The van der Waals surface area contributed by atoms with Gasteiger partial charge in [-0.1, -0.05) is 43.9 Å². The minimum Gasteiger partial charge on any atom is -0.352 e. The number of nitrogens with zero attached hydrogens (tertiary/aromatic N) is 1. The number of benzene rings is 1. The summed E-state index contributed by atoms with van der Waals surface area (Å²) in [5, 5.41) is 3.25. The van der Waals surface area contributed by atoms with Crippen LogP contribution in [0.1, 0.15) is 60.9 Å². The molecule has 0 aromatic heterocycles. The van der Waals surface area contributed by atoms with Gasteiger partial charge in [-0.2, -0.15) is 11.8 Å². The molecular weight excluding hydrogens is 332 g/mol. The summed E-state index contributed by atoms with van der Waals surface area (Å²) in [6.07, 6.45) is 9.79. The van der Waals surface area contributed by atoms with E-state index in [4.69, 9.17) is 0 Å². The maximum absolute atomic E-state index is 13.0. The lowest BCUT2D eigenvalue weighted by Gasteiger charge is -2.29. The van der Waals surface area contributed by atoms with E-state index in [1.165, 1.54) is 25.7 Å². The van der Waals surface area contributed by atoms with E-state index in [1.807, 2.05) is 30.5 Å². The van der Waals surface area contributed by atoms with Crippen LogP contribution in [0.4, 0.5) is 0 Å². The molecule has 2 aliphatic rings. The Morgan fingerprint density at radius 2 is 1.96 bits per heavy atom. The van der Waals surface area contributed by atoms with Gasteiger partial charge in [0.25, 0.3) is 5.91 Å². The van der Waals surface area contributed by atoms with Crippen molar-refractivity contribution in [3.05, 3.63) is 35.4 Å². The molecular formula is C20H28N2O2S. The van der Waals surface area contributed by atoms with Gasteiger partial charge in [0, 0.05) is 18.2 Å². The summed E-state index contributed by atoms with van der Waals surface area (Å²) < 4.78 is 0. The summed E-state index contributed by atoms with van der Waals surface area (Å²) in [7, 11) is 0. The molecule has 1 fully saturated rings. The van der Waals surface area contributed by atoms with E-state index in [2.05, 4.69) is 5.32 Å². The highest BCUT2D eigenvalue weighted by Gasteiger charge is 2.36. The van der Waals surface area contributed by atoms with E-state index in [9.17, 15) is 9.59 Å². The Bertz CT molecular complexity index is 611. The van der Waals surface area contributed by atoms with Crippen LogP contribution in [-0.4, -0.2) is 40.8 Å². The van der Waals surface area contributed by atoms with Crippen LogP contribution in [0.3, 0.4) is 0 Å². The number of amides is 2. The second-order valence-corrected chi connectivity index (χ2v) is 8.07. The van der Waals surface area contributed by atoms with Gasteiger partial charge in [0.05, 0.1) is 0 Å². The number of nitrogens with one attached hydrogen (secondary N) is 1. The fraction of sp³-hybridized carbons (Fsp3) is 0.600. The molecule has 0 unspecified atom stereocenters. The van der Waals surface area contributed by atoms with E-state index in [-0.39, 0.29) is 23.9 Å². The molecule has 1 N–H and O–H groups in total. The Morgan fingerprint density at radius 1 is 1.24 bits per heavy atom. The number of thioether (sulfide) groups is 1. The molecule has 1 aromatic carbocycles. The van der Waals surface area contributed by atoms with Crippen LogP contribution in [0.5, 0.6) is 0 Å². The second kappa shape index (κ2) is 8.75. The number of hydrogen-bond acceptors (Lipinski definition) is 3. The molecule has 2 amide bonds. The van der Waals surface area contributed by atoms with Crippen molar-refractivity contribution in [1.29, 1.82) is 0 Å². The summed E-state index contributed by atoms with van der Waals surface area (Å²) in [5.74, 6) is 0.905. The van der Waals surface area contributed by atoms with E-state index < -0.39 is 0 Å². The average Bonchev–Trinajstić information content (AvgIpc) is 2.78. The molecule has 1 aliphatic carbocycles. The first-order valence-corrected chi connectivity index (χ1v) is 10.8. The standard InChI is InChI=1S/C20H28N2O2S/c1-25-13-12-18(19(23)21-16-9-4-2-3-5-10-16)22-14-15-8-6-7-11-17(15)20(22)24/h6-8,11,16,18H,2-5,9-10,12-14H2,1H3,(H,21,23)/t18-/m0/s1. The average molecular weight is 361 g/mol. The topological polar surface area (TPSA) is 49.4 Å². The summed E-state index contributed by atoms with van der Waals surface area (Å²) in [6, 6.07) is 7.61. The van der Waals surface area contributed by atoms with Gasteiger partial charge in [-0.05, 0) is 42.9 Å². The number of fused-ring (bicyclic) bond motifs is 1. The predicted octanol–water partition coefficient (Wildman–Crippen LogP) is 3.60. The van der Waals surface area contributed by atoms with Gasteiger partial charge in [-0.15, -0.1) is 0 Å². The van der Waals surface area contributed by atoms with Gasteiger partial charge < -0.3 is 10.2 Å². The number of hydrogen-bond donors (Lipinski definition) is 1. The minimum absolute atomic E-state index is 0.00211. The van der Waals surface area contributed by atoms with Crippen molar-refractivity contribution in [2.24, 2.45) is 0 Å². The molecule has 0 radical (unpaired) electrons. The molecule has 25 heavy (non-hydrogen) atoms. The van der Waals surface area contributed by atoms with Crippen LogP contribution in [0, 0.1) is 0 Å². The van der Waals surface area contributed by atoms with Crippen molar-refractivity contribution < 1.29 is 9.59 Å². The summed E-state index contributed by atoms with van der Waals surface area (Å²) in [4.78, 5) is 27.6. The van der Waals surface area contributed by atoms with E-state index in [0.717, 1.165) is 29.7 Å². The lowest BCUT2D eigenvalue weighted by atomic mass is 10.1. The first-order valence-electron chi connectivity index (χ1n) is 9.39. The quantitative estimate of drug-likeness (QED) is 0.789. The monoisotopic (exact) mass is 360 g/mol. The van der Waals surface area contributed by atoms with Crippen molar-refractivity contribution in [2.75, 3.05) is 12.0 Å². The van der Waals surface area contributed by atoms with Gasteiger partial charge in [-0.3, -0.25) is 9.59 Å². The van der Waals surface area contributed by atoms with Crippen molar-refractivity contribution in [2.45, 2.75) is 63.6 Å². The van der Waals surface area contributed by atoms with Gasteiger partial charge in [0.15, 0.2) is 0 Å². The van der Waals surface area contributed by atoms with Crippen LogP contribution in [0.25, 0.3) is 0 Å². The Labute approximate surface area is 154 Å². The largest absolute Gasteiger partial charge is 0.352 e. The molecule has 3 rings (SSSR count). The molecule has 1 aliphatic heterocycles. The second-order valence-electron chi connectivity index (χ2n) is 7.08. The lowest BCUT2D eigenvalue weighted by Crippen LogP contribution is -2.50. The fourth-order valence-electron chi connectivity index (χ4n) is 3.91. The smallest absolute Gasteiger partial charge is 0.255 e. The third-order valence-electron chi connectivity index (χ3n) is 5.33. The minimum atomic E-state index is -0.365. The third-order valence-corrected chi connectivity index (χ3v) is 5.97. The van der Waals surface area contributed by atoms with Gasteiger partial charge in [-0.25, -0.2) is 0 Å². The highest BCUT2D eigenvalue weighted by atomic mass is 32.2. The van der Waals surface area contributed by atoms with Crippen molar-refractivity contribution in [1.82, 2.24) is 10.2 Å². The molecule has 0 bridgehead atoms. The van der Waals surface area contributed by atoms with Gasteiger partial charge in [0.2, 0.25) is 5.91 Å². The molecule has 0 saturated heterocycles. The third kappa shape index (κ3) is 4.38. The van der Waals surface area contributed by atoms with Crippen molar-refractivity contribution in [3.8, 4) is 0 Å². The van der Waals surface area contributed by atoms with E-state index in [1.54, 1.807) is 16.7 Å². The number of carbonyl (C=O) groups excluding carboxylic acids is 2. The fourth-order valence-corrected chi connectivity index (χ4v) is 4.37. The van der Waals surface area contributed by atoms with Crippen molar-refractivity contribution in [3.63, 3.8) is 0 Å². The van der Waals surface area contributed by atoms with Crippen LogP contribution in [0.15, 0.2) is 24.3 Å². The molecule has 1 aromatic rings. The molecule has 1 heterocycles. The molecule has 0 spiro atoms. The molecule has 1 saturated carbocycles. The maximum atomic E-state index is 13.0. The zero-order valence-electron chi connectivity index (χ0n) is 15.0. The van der Waals surface area contributed by atoms with Crippen molar-refractivity contribution >= 4 is 23.6 Å². The summed E-state index contributed by atoms with van der Waals surface area (Å²) in [6.45, 7) is 0.548. The first-order chi connectivity index (χ1) is 12.2. The normalized spacial score (nSPS) is 19.4. The first kappa shape index (κ1) is 18.3. The Morgan fingerprint density at radius 3 is 2.64 bits per heavy atom. The maximum Gasteiger partial charge on any atom is 0.255 e. The van der Waals surface area contributed by atoms with Gasteiger partial charge in [0.1, 0.15) is 6.04 Å². The SMILES string of the molecule is CSCC[C@@H](C(=O)NC1CCCCCC1)N1Cc2ccccc2C1=O. The molecule has 136 valence electrons. The Hall–Kier alpha value is -1.49. The lowest BCUT2D eigenvalue weighted by molar-refractivity contribution is -0.126. The molecule has 1 atom stereocenters. The van der Waals surface area contributed by atoms with Crippen LogP contribution >= 0.6 is 11.8 Å². The predicted molar refractivity (Wildman–Crippen MR) is 103 cm³/mol. The Kier molecular flexibility index (Phi) is 6.40. The molecule has 4 nitrogen and oxygen atoms in total. The number of carbonyl (C=O) groups is 2. The highest BCUT2D eigenvalue weighted by molar-refractivity contribution is 7.98. The zero-order valence-corrected chi connectivity index (χ0v) is 15.8. The van der Waals surface area contributed by atoms with E-state index >= 15 is 0 Å². The van der Waals surface area contributed by atoms with Crippen LogP contribution in [0.2, 0.25) is 0 Å². The summed E-state index contributed by atoms with van der Waals surface area (Å²) in [5.41, 5.74) is 1.78. The van der Waals surface area contributed by atoms with Crippen LogP contribution in [-0.2, 0) is 11.3 Å². The Balaban J connectivity index is 1.71. The molecule has 5 heteroatoms. The van der Waals surface area contributed by atoms with Gasteiger partial charge >= 0.3 is 0 Å². The van der Waals surface area contributed by atoms with Crippen LogP contribution < -0.4 is 5.32 Å². The number of rotatable bonds is 6. The highest BCUT2D eigenvalue weighted by Crippen LogP contribution is 2.26. The summed E-state index contributed by atoms with van der Waals surface area (Å²) >= 11 is 1.72. The zero-order chi connectivity index (χ0) is 17.6.